The van der Waals surface area contributed by atoms with Crippen molar-refractivity contribution in [3.63, 3.8) is 0 Å². The molecular weight excluding hydrogens is 384 g/mol. The van der Waals surface area contributed by atoms with Gasteiger partial charge in [-0.15, -0.1) is 0 Å². The molecule has 2 rings (SSSR count). The van der Waals surface area contributed by atoms with E-state index in [1.165, 1.54) is 11.1 Å². The Hall–Kier alpha value is -2.34. The van der Waals surface area contributed by atoms with Crippen LogP contribution >= 0.6 is 15.9 Å². The number of nitrogens with one attached hydrogen (secondary N) is 1. The number of aryl methyl sites for hydroxylation is 2. The number of halogens is 1. The first-order valence-electron chi connectivity index (χ1n) is 7.74. The standard InChI is InChI=1S/C19H21BrN2O3/c1-12-5-6-14(7-13(12)2)10-18(23)22-21-11-15-8-16(20)19(25-4)17(9-15)24-3/h5-9,11H,10H2,1-4H3,(H,22,23)/b21-11-. The largest absolute Gasteiger partial charge is 0.493 e. The molecule has 0 spiro atoms. The smallest absolute Gasteiger partial charge is 0.244 e. The molecule has 1 N–H and O–H groups in total. The third-order valence-electron chi connectivity index (χ3n) is 3.79. The van der Waals surface area contributed by atoms with E-state index in [1.54, 1.807) is 26.5 Å². The van der Waals surface area contributed by atoms with Gasteiger partial charge in [-0.3, -0.25) is 4.79 Å². The summed E-state index contributed by atoms with van der Waals surface area (Å²) in [6.45, 7) is 4.08. The second-order valence-corrected chi connectivity index (χ2v) is 6.48. The van der Waals surface area contributed by atoms with E-state index in [9.17, 15) is 4.79 Å². The molecular formula is C19H21BrN2O3. The predicted octanol–water partition coefficient (Wildman–Crippen LogP) is 3.78. The molecule has 1 amide bonds. The lowest BCUT2D eigenvalue weighted by molar-refractivity contribution is -0.120. The number of nitrogens with zero attached hydrogens (tertiary/aromatic N) is 1. The summed E-state index contributed by atoms with van der Waals surface area (Å²) in [4.78, 5) is 12.0. The Balaban J connectivity index is 2.01. The molecule has 0 fully saturated rings. The van der Waals surface area contributed by atoms with Crippen molar-refractivity contribution in [1.29, 1.82) is 0 Å². The summed E-state index contributed by atoms with van der Waals surface area (Å²) in [6.07, 6.45) is 1.85. The molecule has 6 heteroatoms. The fourth-order valence-corrected chi connectivity index (χ4v) is 2.95. The highest BCUT2D eigenvalue weighted by molar-refractivity contribution is 9.10. The Kier molecular flexibility index (Phi) is 6.58. The molecule has 25 heavy (non-hydrogen) atoms. The van der Waals surface area contributed by atoms with E-state index in [0.717, 1.165) is 15.6 Å². The third-order valence-corrected chi connectivity index (χ3v) is 4.38. The van der Waals surface area contributed by atoms with Crippen molar-refractivity contribution in [1.82, 2.24) is 5.43 Å². The summed E-state index contributed by atoms with van der Waals surface area (Å²) in [5.41, 5.74) is 6.66. The van der Waals surface area contributed by atoms with Crippen molar-refractivity contribution >= 4 is 28.1 Å². The van der Waals surface area contributed by atoms with Crippen molar-refractivity contribution in [2.45, 2.75) is 20.3 Å². The van der Waals surface area contributed by atoms with E-state index in [4.69, 9.17) is 9.47 Å². The van der Waals surface area contributed by atoms with Crippen LogP contribution < -0.4 is 14.9 Å². The van der Waals surface area contributed by atoms with Gasteiger partial charge in [-0.25, -0.2) is 5.43 Å². The first-order valence-corrected chi connectivity index (χ1v) is 8.53. The maximum atomic E-state index is 12.0. The molecule has 0 saturated carbocycles. The molecule has 0 aliphatic carbocycles. The number of carbonyl (C=O) groups excluding carboxylic acids is 1. The number of carbonyl (C=O) groups is 1. The molecule has 132 valence electrons. The summed E-state index contributed by atoms with van der Waals surface area (Å²) in [5.74, 6) is 1.03. The minimum Gasteiger partial charge on any atom is -0.493 e. The van der Waals surface area contributed by atoms with Gasteiger partial charge < -0.3 is 9.47 Å². The number of hydrogen-bond acceptors (Lipinski definition) is 4. The van der Waals surface area contributed by atoms with Gasteiger partial charge in [0.15, 0.2) is 11.5 Å². The molecule has 0 aromatic heterocycles. The van der Waals surface area contributed by atoms with E-state index in [-0.39, 0.29) is 12.3 Å². The lowest BCUT2D eigenvalue weighted by atomic mass is 10.0. The van der Waals surface area contributed by atoms with Crippen LogP contribution in [0.4, 0.5) is 0 Å². The Morgan fingerprint density at radius 3 is 2.56 bits per heavy atom. The molecule has 0 heterocycles. The summed E-state index contributed by atoms with van der Waals surface area (Å²) in [5, 5.41) is 4.01. The van der Waals surface area contributed by atoms with Gasteiger partial charge in [0.2, 0.25) is 5.91 Å². The van der Waals surface area contributed by atoms with Gasteiger partial charge in [-0.1, -0.05) is 18.2 Å². The van der Waals surface area contributed by atoms with Gasteiger partial charge in [-0.05, 0) is 64.2 Å². The zero-order chi connectivity index (χ0) is 18.4. The first kappa shape index (κ1) is 19.0. The van der Waals surface area contributed by atoms with Crippen molar-refractivity contribution in [2.75, 3.05) is 14.2 Å². The molecule has 0 radical (unpaired) electrons. The second kappa shape index (κ2) is 8.67. The molecule has 5 nitrogen and oxygen atoms in total. The SMILES string of the molecule is COc1cc(/C=N\NC(=O)Cc2ccc(C)c(C)c2)cc(Br)c1OC. The van der Waals surface area contributed by atoms with Crippen molar-refractivity contribution in [3.05, 3.63) is 57.1 Å². The molecule has 0 aliphatic rings. The summed E-state index contributed by atoms with van der Waals surface area (Å²) in [6, 6.07) is 9.60. The Bertz CT molecular complexity index is 803. The van der Waals surface area contributed by atoms with Crippen LogP contribution in [-0.4, -0.2) is 26.3 Å². The minimum absolute atomic E-state index is 0.168. The van der Waals surface area contributed by atoms with Crippen LogP contribution in [-0.2, 0) is 11.2 Å². The van der Waals surface area contributed by atoms with Crippen LogP contribution in [0, 0.1) is 13.8 Å². The van der Waals surface area contributed by atoms with Crippen molar-refractivity contribution in [2.24, 2.45) is 5.10 Å². The van der Waals surface area contributed by atoms with Crippen LogP contribution in [0.25, 0.3) is 0 Å². The molecule has 2 aromatic carbocycles. The third kappa shape index (κ3) is 5.06. The van der Waals surface area contributed by atoms with Gasteiger partial charge in [-0.2, -0.15) is 5.10 Å². The second-order valence-electron chi connectivity index (χ2n) is 5.63. The number of methoxy groups -OCH3 is 2. The quantitative estimate of drug-likeness (QED) is 0.588. The fraction of sp³-hybridized carbons (Fsp3) is 0.263. The van der Waals surface area contributed by atoms with Crippen molar-refractivity contribution < 1.29 is 14.3 Å². The number of rotatable bonds is 6. The molecule has 0 aliphatic heterocycles. The average Bonchev–Trinajstić information content (AvgIpc) is 2.57. The monoisotopic (exact) mass is 404 g/mol. The Morgan fingerprint density at radius 1 is 1.16 bits per heavy atom. The van der Waals surface area contributed by atoms with Crippen molar-refractivity contribution in [3.8, 4) is 11.5 Å². The van der Waals surface area contributed by atoms with Gasteiger partial charge in [0.05, 0.1) is 31.3 Å². The van der Waals surface area contributed by atoms with Crippen LogP contribution in [0.15, 0.2) is 39.9 Å². The highest BCUT2D eigenvalue weighted by atomic mass is 79.9. The maximum Gasteiger partial charge on any atom is 0.244 e. The number of hydrogen-bond donors (Lipinski definition) is 1. The number of amides is 1. The highest BCUT2D eigenvalue weighted by Gasteiger charge is 2.09. The van der Waals surface area contributed by atoms with E-state index < -0.39 is 0 Å². The van der Waals surface area contributed by atoms with Crippen LogP contribution in [0.5, 0.6) is 11.5 Å². The average molecular weight is 405 g/mol. The first-order chi connectivity index (χ1) is 11.9. The zero-order valence-corrected chi connectivity index (χ0v) is 16.3. The predicted molar refractivity (Wildman–Crippen MR) is 103 cm³/mol. The lowest BCUT2D eigenvalue weighted by Crippen LogP contribution is -2.19. The highest BCUT2D eigenvalue weighted by Crippen LogP contribution is 2.35. The number of ether oxygens (including phenoxy) is 2. The van der Waals surface area contributed by atoms with Gasteiger partial charge in [0.1, 0.15) is 0 Å². The Morgan fingerprint density at radius 2 is 1.92 bits per heavy atom. The van der Waals surface area contributed by atoms with E-state index >= 15 is 0 Å². The summed E-state index contributed by atoms with van der Waals surface area (Å²) >= 11 is 3.42. The normalized spacial score (nSPS) is 10.8. The van der Waals surface area contributed by atoms with Crippen LogP contribution in [0.3, 0.4) is 0 Å². The van der Waals surface area contributed by atoms with Gasteiger partial charge >= 0.3 is 0 Å². The number of hydrazone groups is 1. The van der Waals surface area contributed by atoms with Gasteiger partial charge in [0.25, 0.3) is 0 Å². The van der Waals surface area contributed by atoms with Crippen LogP contribution in [0.2, 0.25) is 0 Å². The molecule has 0 atom stereocenters. The molecule has 2 aromatic rings. The number of benzene rings is 2. The fourth-order valence-electron chi connectivity index (χ4n) is 2.33. The topological polar surface area (TPSA) is 59.9 Å². The summed E-state index contributed by atoms with van der Waals surface area (Å²) in [7, 11) is 3.14. The Labute approximate surface area is 156 Å². The van der Waals surface area contributed by atoms with E-state index in [1.807, 2.05) is 38.1 Å². The maximum absolute atomic E-state index is 12.0. The zero-order valence-electron chi connectivity index (χ0n) is 14.7. The van der Waals surface area contributed by atoms with E-state index in [2.05, 4.69) is 26.5 Å². The summed E-state index contributed by atoms with van der Waals surface area (Å²) < 4.78 is 11.3. The van der Waals surface area contributed by atoms with E-state index in [0.29, 0.717) is 11.5 Å². The molecule has 0 saturated heterocycles. The van der Waals surface area contributed by atoms with Crippen LogP contribution in [0.1, 0.15) is 22.3 Å². The minimum atomic E-state index is -0.168. The van der Waals surface area contributed by atoms with Gasteiger partial charge in [0, 0.05) is 0 Å². The molecule has 0 unspecified atom stereocenters. The lowest BCUT2D eigenvalue weighted by Gasteiger charge is -2.10. The molecule has 0 bridgehead atoms.